The molecule has 1 amide bonds. The third kappa shape index (κ3) is 4.95. The number of rotatable bonds is 6. The van der Waals surface area contributed by atoms with E-state index in [1.54, 1.807) is 38.1 Å². The van der Waals surface area contributed by atoms with E-state index in [2.05, 4.69) is 40.8 Å². The van der Waals surface area contributed by atoms with Crippen molar-refractivity contribution >= 4 is 11.8 Å². The highest BCUT2D eigenvalue weighted by Crippen LogP contribution is 2.40. The van der Waals surface area contributed by atoms with Crippen LogP contribution < -0.4 is 5.32 Å². The Morgan fingerprint density at radius 1 is 1.00 bits per heavy atom. The number of carbonyl (C=O) groups is 1. The van der Waals surface area contributed by atoms with Gasteiger partial charge in [-0.1, -0.05) is 65.8 Å². The van der Waals surface area contributed by atoms with E-state index in [-0.39, 0.29) is 0 Å². The summed E-state index contributed by atoms with van der Waals surface area (Å²) in [6, 6.07) is 25.8. The largest absolute Gasteiger partial charge is 0.441 e. The van der Waals surface area contributed by atoms with Gasteiger partial charge in [0.1, 0.15) is 17.5 Å². The highest BCUT2D eigenvalue weighted by Gasteiger charge is 2.23. The Hall–Kier alpha value is -4.37. The first kappa shape index (κ1) is 22.4. The number of aryl methyl sites for hydroxylation is 1. The van der Waals surface area contributed by atoms with Gasteiger partial charge in [0, 0.05) is 5.56 Å². The van der Waals surface area contributed by atoms with E-state index in [1.807, 2.05) is 24.3 Å². The molecule has 6 heteroatoms. The summed E-state index contributed by atoms with van der Waals surface area (Å²) >= 11 is 0. The van der Waals surface area contributed by atoms with Crippen LogP contribution in [-0.4, -0.2) is 11.2 Å². The molecule has 6 nitrogen and oxygen atoms in total. The van der Waals surface area contributed by atoms with Gasteiger partial charge in [0.25, 0.3) is 0 Å². The summed E-state index contributed by atoms with van der Waals surface area (Å²) < 4.78 is 10.9. The molecule has 0 aliphatic heterocycles. The molecular weight excluding hydrogens is 438 g/mol. The number of nitrogens with one attached hydrogen (secondary N) is 1. The van der Waals surface area contributed by atoms with Gasteiger partial charge in [-0.15, -0.1) is 0 Å². The van der Waals surface area contributed by atoms with Crippen molar-refractivity contribution in [1.82, 2.24) is 5.16 Å². The number of aromatic nitrogens is 1. The molecule has 0 bridgehead atoms. The highest BCUT2D eigenvalue weighted by atomic mass is 16.6. The third-order valence-corrected chi connectivity index (χ3v) is 6.33. The van der Waals surface area contributed by atoms with Gasteiger partial charge >= 0.3 is 6.09 Å². The molecule has 4 aromatic rings. The topological polar surface area (TPSA) is 88.2 Å². The van der Waals surface area contributed by atoms with Gasteiger partial charge in [0.05, 0.1) is 11.6 Å². The quantitative estimate of drug-likeness (QED) is 0.322. The first-order chi connectivity index (χ1) is 17.0. The maximum Gasteiger partial charge on any atom is 0.412 e. The minimum Gasteiger partial charge on any atom is -0.441 e. The zero-order valence-electron chi connectivity index (χ0n) is 19.6. The Labute approximate surface area is 204 Å². The summed E-state index contributed by atoms with van der Waals surface area (Å²) in [4.78, 5) is 12.6. The van der Waals surface area contributed by atoms with Crippen molar-refractivity contribution in [2.24, 2.45) is 0 Å². The number of hydrogen-bond acceptors (Lipinski definition) is 5. The summed E-state index contributed by atoms with van der Waals surface area (Å²) in [5.41, 5.74) is 6.89. The summed E-state index contributed by atoms with van der Waals surface area (Å²) in [5.74, 6) is 1.23. The molecule has 3 aromatic carbocycles. The minimum atomic E-state index is -0.609. The molecule has 1 aromatic heterocycles. The van der Waals surface area contributed by atoms with Gasteiger partial charge in [0.2, 0.25) is 0 Å². The molecule has 1 saturated carbocycles. The van der Waals surface area contributed by atoms with Crippen molar-refractivity contribution in [2.45, 2.75) is 38.7 Å². The zero-order valence-corrected chi connectivity index (χ0v) is 19.6. The van der Waals surface area contributed by atoms with Gasteiger partial charge < -0.3 is 9.26 Å². The van der Waals surface area contributed by atoms with Crippen LogP contribution in [0.3, 0.4) is 0 Å². The van der Waals surface area contributed by atoms with Crippen LogP contribution in [0.25, 0.3) is 22.4 Å². The van der Waals surface area contributed by atoms with Crippen LogP contribution in [0.4, 0.5) is 10.5 Å². The van der Waals surface area contributed by atoms with Crippen LogP contribution in [0.5, 0.6) is 0 Å². The number of hydrogen-bond donors (Lipinski definition) is 1. The molecule has 35 heavy (non-hydrogen) atoms. The van der Waals surface area contributed by atoms with E-state index >= 15 is 0 Å². The molecule has 1 aliphatic rings. The lowest BCUT2D eigenvalue weighted by Crippen LogP contribution is -2.16. The van der Waals surface area contributed by atoms with E-state index in [0.717, 1.165) is 28.2 Å². The Morgan fingerprint density at radius 2 is 1.60 bits per heavy atom. The number of nitrogens with zero attached hydrogens (tertiary/aromatic N) is 2. The second kappa shape index (κ2) is 9.47. The van der Waals surface area contributed by atoms with E-state index in [0.29, 0.717) is 22.7 Å². The first-order valence-electron chi connectivity index (χ1n) is 11.7. The van der Waals surface area contributed by atoms with Gasteiger partial charge in [0.15, 0.2) is 5.76 Å². The smallest absolute Gasteiger partial charge is 0.412 e. The lowest BCUT2D eigenvalue weighted by Gasteiger charge is -2.14. The fourth-order valence-electron chi connectivity index (χ4n) is 4.09. The van der Waals surface area contributed by atoms with Gasteiger partial charge in [-0.3, -0.25) is 5.32 Å². The molecule has 0 radical (unpaired) electrons. The third-order valence-electron chi connectivity index (χ3n) is 6.33. The number of nitriles is 1. The van der Waals surface area contributed by atoms with Crippen LogP contribution in [0.1, 0.15) is 54.2 Å². The molecule has 1 atom stereocenters. The van der Waals surface area contributed by atoms with Crippen molar-refractivity contribution in [2.75, 3.05) is 5.32 Å². The first-order valence-corrected chi connectivity index (χ1v) is 11.7. The lowest BCUT2D eigenvalue weighted by atomic mass is 10.00. The normalized spacial score (nSPS) is 13.6. The SMILES string of the molecule is Cc1onc(-c2ccc(-c3ccc(C4CC4)cc3)cc2)c1NC(=O)O[C@H](C)c1ccc(C#N)cc1. The van der Waals surface area contributed by atoms with Gasteiger partial charge in [-0.05, 0) is 67.0 Å². The Bertz CT molecular complexity index is 1380. The lowest BCUT2D eigenvalue weighted by molar-refractivity contribution is 0.121. The number of anilines is 1. The average molecular weight is 464 g/mol. The molecule has 1 N–H and O–H groups in total. The van der Waals surface area contributed by atoms with E-state index < -0.39 is 12.2 Å². The van der Waals surface area contributed by atoms with Crippen LogP contribution >= 0.6 is 0 Å². The summed E-state index contributed by atoms with van der Waals surface area (Å²) in [5, 5.41) is 15.9. The van der Waals surface area contributed by atoms with Crippen molar-refractivity contribution in [1.29, 1.82) is 5.26 Å². The standard InChI is InChI=1S/C29H25N3O3/c1-18(21-5-3-20(17-30)4-6-21)34-29(33)31-27-19(2)35-32-28(27)26-15-13-25(14-16-26)24-11-9-23(10-12-24)22-7-8-22/h3-6,9-16,18,22H,7-8H2,1-2H3,(H,31,33)/t18-/m1/s1. The van der Waals surface area contributed by atoms with Gasteiger partial charge in [-0.25, -0.2) is 4.79 Å². The monoisotopic (exact) mass is 463 g/mol. The van der Waals surface area contributed by atoms with E-state index in [4.69, 9.17) is 14.5 Å². The van der Waals surface area contributed by atoms with Crippen molar-refractivity contribution in [3.8, 4) is 28.5 Å². The molecular formula is C29H25N3O3. The fourth-order valence-corrected chi connectivity index (χ4v) is 4.09. The molecule has 174 valence electrons. The number of carbonyl (C=O) groups excluding carboxylic acids is 1. The second-order valence-electron chi connectivity index (χ2n) is 8.84. The second-order valence-corrected chi connectivity index (χ2v) is 8.84. The maximum atomic E-state index is 12.6. The predicted molar refractivity (Wildman–Crippen MR) is 134 cm³/mol. The molecule has 1 fully saturated rings. The highest BCUT2D eigenvalue weighted by molar-refractivity contribution is 5.91. The minimum absolute atomic E-state index is 0.476. The Kier molecular flexibility index (Phi) is 6.07. The maximum absolute atomic E-state index is 12.6. The molecule has 5 rings (SSSR count). The molecule has 1 aliphatic carbocycles. The number of ether oxygens (including phenoxy) is 1. The number of amides is 1. The van der Waals surface area contributed by atoms with E-state index in [9.17, 15) is 4.79 Å². The van der Waals surface area contributed by atoms with Crippen LogP contribution in [-0.2, 0) is 4.74 Å². The summed E-state index contributed by atoms with van der Waals surface area (Å²) in [7, 11) is 0. The molecule has 0 saturated heterocycles. The summed E-state index contributed by atoms with van der Waals surface area (Å²) in [6.07, 6.45) is 1.49. The van der Waals surface area contributed by atoms with Gasteiger partial charge in [-0.2, -0.15) is 5.26 Å². The number of benzene rings is 3. The zero-order chi connectivity index (χ0) is 24.4. The van der Waals surface area contributed by atoms with Crippen LogP contribution in [0.2, 0.25) is 0 Å². The van der Waals surface area contributed by atoms with Crippen molar-refractivity contribution < 1.29 is 14.1 Å². The Balaban J connectivity index is 1.28. The summed E-state index contributed by atoms with van der Waals surface area (Å²) in [6.45, 7) is 3.52. The fraction of sp³-hybridized carbons (Fsp3) is 0.207. The predicted octanol–water partition coefficient (Wildman–Crippen LogP) is 7.38. The van der Waals surface area contributed by atoms with E-state index in [1.165, 1.54) is 18.4 Å². The Morgan fingerprint density at radius 3 is 2.20 bits per heavy atom. The molecule has 1 heterocycles. The molecule has 0 unspecified atom stereocenters. The molecule has 0 spiro atoms. The van der Waals surface area contributed by atoms with Crippen LogP contribution in [0.15, 0.2) is 77.3 Å². The van der Waals surface area contributed by atoms with Crippen LogP contribution in [0, 0.1) is 18.3 Å². The average Bonchev–Trinajstić information content (AvgIpc) is 3.68. The van der Waals surface area contributed by atoms with Crippen molar-refractivity contribution in [3.63, 3.8) is 0 Å². The van der Waals surface area contributed by atoms with Crippen molar-refractivity contribution in [3.05, 3.63) is 95.2 Å².